The second-order valence-electron chi connectivity index (χ2n) is 9.25. The SMILES string of the molecule is CC(C)NCCOc1ccccc1CN(C)C(=O)c1cc(-c2n[nH]c(=O)n2-c2ccccc2Cl)c(O)cc1O. The first-order valence-corrected chi connectivity index (χ1v) is 12.7. The van der Waals surface area contributed by atoms with Gasteiger partial charge in [0.15, 0.2) is 5.82 Å². The van der Waals surface area contributed by atoms with Crippen molar-refractivity contribution in [3.05, 3.63) is 87.3 Å². The Morgan fingerprint density at radius 1 is 1.13 bits per heavy atom. The number of hydrogen-bond donors (Lipinski definition) is 4. The van der Waals surface area contributed by atoms with Gasteiger partial charge in [-0.15, -0.1) is 0 Å². The third kappa shape index (κ3) is 6.24. The number of nitrogens with one attached hydrogen (secondary N) is 2. The van der Waals surface area contributed by atoms with E-state index in [9.17, 15) is 19.8 Å². The number of aromatic hydroxyl groups is 2. The van der Waals surface area contributed by atoms with Gasteiger partial charge in [0.1, 0.15) is 23.9 Å². The van der Waals surface area contributed by atoms with Crippen molar-refractivity contribution < 1.29 is 19.7 Å². The number of para-hydroxylation sites is 2. The van der Waals surface area contributed by atoms with E-state index >= 15 is 0 Å². The first kappa shape index (κ1) is 27.7. The van der Waals surface area contributed by atoms with Crippen LogP contribution in [-0.4, -0.2) is 62.0 Å². The number of phenols is 2. The van der Waals surface area contributed by atoms with Crippen LogP contribution in [0.4, 0.5) is 0 Å². The molecule has 0 bridgehead atoms. The molecule has 0 spiro atoms. The third-order valence-electron chi connectivity index (χ3n) is 5.99. The van der Waals surface area contributed by atoms with Gasteiger partial charge in [-0.3, -0.25) is 4.79 Å². The standard InChI is InChI=1S/C28H30ClN5O5/c1-17(2)30-12-13-39-25-11-7-4-8-18(25)16-33(3)27(37)20-14-19(23(35)15-24(20)36)26-31-32-28(38)34(26)22-10-6-5-9-21(22)29/h4-11,14-15,17,30,35-36H,12-13,16H2,1-3H3,(H,32,38). The molecule has 0 aliphatic rings. The molecule has 1 amide bonds. The predicted octanol–water partition coefficient (Wildman–Crippen LogP) is 3.94. The minimum atomic E-state index is -0.587. The van der Waals surface area contributed by atoms with Crippen molar-refractivity contribution in [3.8, 4) is 34.3 Å². The van der Waals surface area contributed by atoms with E-state index in [0.29, 0.717) is 30.6 Å². The van der Waals surface area contributed by atoms with Crippen molar-refractivity contribution in [3.63, 3.8) is 0 Å². The topological polar surface area (TPSA) is 133 Å². The molecule has 11 heteroatoms. The number of H-pyrrole nitrogens is 1. The number of amides is 1. The summed E-state index contributed by atoms with van der Waals surface area (Å²) in [7, 11) is 1.60. The van der Waals surface area contributed by atoms with Crippen LogP contribution in [0.25, 0.3) is 17.1 Å². The number of rotatable bonds is 10. The molecule has 1 heterocycles. The van der Waals surface area contributed by atoms with E-state index in [2.05, 4.69) is 29.4 Å². The number of carbonyl (C=O) groups excluding carboxylic acids is 1. The summed E-state index contributed by atoms with van der Waals surface area (Å²) in [5.74, 6) is -0.616. The predicted molar refractivity (Wildman–Crippen MR) is 149 cm³/mol. The van der Waals surface area contributed by atoms with E-state index < -0.39 is 17.3 Å². The van der Waals surface area contributed by atoms with Gasteiger partial charge in [-0.1, -0.05) is 55.8 Å². The molecule has 4 N–H and O–H groups in total. The lowest BCUT2D eigenvalue weighted by Gasteiger charge is -2.21. The van der Waals surface area contributed by atoms with Gasteiger partial charge >= 0.3 is 5.69 Å². The Bertz CT molecular complexity index is 1530. The maximum atomic E-state index is 13.4. The van der Waals surface area contributed by atoms with Crippen LogP contribution in [0.15, 0.2) is 65.5 Å². The lowest BCUT2D eigenvalue weighted by atomic mass is 10.1. The molecule has 0 aliphatic heterocycles. The Balaban J connectivity index is 1.62. The molecule has 1 aromatic heterocycles. The molecule has 204 valence electrons. The molecule has 0 saturated heterocycles. The Hall–Kier alpha value is -4.28. The Morgan fingerprint density at radius 3 is 2.59 bits per heavy atom. The molecule has 4 rings (SSSR count). The Kier molecular flexibility index (Phi) is 8.58. The average molecular weight is 552 g/mol. The molecule has 3 aromatic carbocycles. The number of aromatic nitrogens is 3. The van der Waals surface area contributed by atoms with Gasteiger partial charge in [-0.2, -0.15) is 5.10 Å². The zero-order valence-electron chi connectivity index (χ0n) is 21.8. The van der Waals surface area contributed by atoms with Crippen molar-refractivity contribution in [2.24, 2.45) is 0 Å². The first-order chi connectivity index (χ1) is 18.7. The molecule has 0 aliphatic carbocycles. The van der Waals surface area contributed by atoms with Crippen molar-refractivity contribution in [2.75, 3.05) is 20.2 Å². The maximum absolute atomic E-state index is 13.4. The summed E-state index contributed by atoms with van der Waals surface area (Å²) in [4.78, 5) is 27.5. The monoisotopic (exact) mass is 551 g/mol. The molecular weight excluding hydrogens is 522 g/mol. The fourth-order valence-corrected chi connectivity index (χ4v) is 4.30. The zero-order valence-corrected chi connectivity index (χ0v) is 22.6. The summed E-state index contributed by atoms with van der Waals surface area (Å²) in [5, 5.41) is 31.2. The van der Waals surface area contributed by atoms with Crippen molar-refractivity contribution in [2.45, 2.75) is 26.4 Å². The largest absolute Gasteiger partial charge is 0.507 e. The van der Waals surface area contributed by atoms with E-state index in [0.717, 1.165) is 11.6 Å². The number of aromatic amines is 1. The van der Waals surface area contributed by atoms with Gasteiger partial charge in [-0.25, -0.2) is 14.5 Å². The van der Waals surface area contributed by atoms with Crippen LogP contribution >= 0.6 is 11.6 Å². The lowest BCUT2D eigenvalue weighted by molar-refractivity contribution is 0.0781. The van der Waals surface area contributed by atoms with Gasteiger partial charge in [0, 0.05) is 37.8 Å². The number of carbonyl (C=O) groups is 1. The second kappa shape index (κ2) is 12.1. The van der Waals surface area contributed by atoms with Gasteiger partial charge in [0.05, 0.1) is 21.8 Å². The summed E-state index contributed by atoms with van der Waals surface area (Å²) < 4.78 is 7.11. The fraction of sp³-hybridized carbons (Fsp3) is 0.250. The number of halogens is 1. The number of benzene rings is 3. The molecule has 4 aromatic rings. The summed E-state index contributed by atoms with van der Waals surface area (Å²) in [6, 6.07) is 16.8. The quantitative estimate of drug-likeness (QED) is 0.219. The molecule has 0 radical (unpaired) electrons. The van der Waals surface area contributed by atoms with Crippen LogP contribution in [0.3, 0.4) is 0 Å². The minimum Gasteiger partial charge on any atom is -0.507 e. The minimum absolute atomic E-state index is 0.0241. The number of hydrogen-bond acceptors (Lipinski definition) is 7. The number of nitrogens with zero attached hydrogens (tertiary/aromatic N) is 3. The fourth-order valence-electron chi connectivity index (χ4n) is 4.08. The normalized spacial score (nSPS) is 11.1. The van der Waals surface area contributed by atoms with Gasteiger partial charge in [0.2, 0.25) is 0 Å². The molecule has 10 nitrogen and oxygen atoms in total. The van der Waals surface area contributed by atoms with E-state index in [1.54, 1.807) is 31.3 Å². The highest BCUT2D eigenvalue weighted by Gasteiger charge is 2.24. The van der Waals surface area contributed by atoms with Crippen LogP contribution in [0.5, 0.6) is 17.2 Å². The lowest BCUT2D eigenvalue weighted by Crippen LogP contribution is -2.28. The zero-order chi connectivity index (χ0) is 28.1. The third-order valence-corrected chi connectivity index (χ3v) is 6.31. The van der Waals surface area contributed by atoms with Crippen molar-refractivity contribution >= 4 is 17.5 Å². The Labute approximate surface area is 230 Å². The summed E-state index contributed by atoms with van der Waals surface area (Å²) in [6.07, 6.45) is 0. The highest BCUT2D eigenvalue weighted by molar-refractivity contribution is 6.32. The van der Waals surface area contributed by atoms with Crippen LogP contribution < -0.4 is 15.7 Å². The van der Waals surface area contributed by atoms with Crippen LogP contribution in [0.1, 0.15) is 29.8 Å². The van der Waals surface area contributed by atoms with Crippen molar-refractivity contribution in [1.82, 2.24) is 25.0 Å². The van der Waals surface area contributed by atoms with Crippen LogP contribution in [0.2, 0.25) is 5.02 Å². The molecule has 0 unspecified atom stereocenters. The average Bonchev–Trinajstić information content (AvgIpc) is 3.28. The smallest absolute Gasteiger partial charge is 0.348 e. The highest BCUT2D eigenvalue weighted by atomic mass is 35.5. The van der Waals surface area contributed by atoms with E-state index in [4.69, 9.17) is 16.3 Å². The van der Waals surface area contributed by atoms with Crippen molar-refractivity contribution in [1.29, 1.82) is 0 Å². The molecule has 0 atom stereocenters. The van der Waals surface area contributed by atoms with Gasteiger partial charge < -0.3 is 25.2 Å². The van der Waals surface area contributed by atoms with Crippen LogP contribution in [0, 0.1) is 0 Å². The Morgan fingerprint density at radius 2 is 1.85 bits per heavy atom. The van der Waals surface area contributed by atoms with Gasteiger partial charge in [-0.05, 0) is 24.3 Å². The van der Waals surface area contributed by atoms with Gasteiger partial charge in [0.25, 0.3) is 5.91 Å². The molecular formula is C28H30ClN5O5. The molecule has 39 heavy (non-hydrogen) atoms. The van der Waals surface area contributed by atoms with Crippen LogP contribution in [-0.2, 0) is 6.54 Å². The van der Waals surface area contributed by atoms with E-state index in [-0.39, 0.29) is 34.3 Å². The summed E-state index contributed by atoms with van der Waals surface area (Å²) in [5.41, 5.74) is 0.521. The number of ether oxygens (including phenoxy) is 1. The van der Waals surface area contributed by atoms with E-state index in [1.807, 2.05) is 24.3 Å². The maximum Gasteiger partial charge on any atom is 0.348 e. The second-order valence-corrected chi connectivity index (χ2v) is 9.66. The molecule has 0 fully saturated rings. The summed E-state index contributed by atoms with van der Waals surface area (Å²) >= 11 is 6.30. The molecule has 0 saturated carbocycles. The highest BCUT2D eigenvalue weighted by Crippen LogP contribution is 2.36. The number of phenolic OH excluding ortho intramolecular Hbond substituents is 2. The summed E-state index contributed by atoms with van der Waals surface area (Å²) in [6.45, 7) is 5.46. The van der Waals surface area contributed by atoms with E-state index in [1.165, 1.54) is 15.5 Å². The first-order valence-electron chi connectivity index (χ1n) is 12.4.